The largest absolute Gasteiger partial charge is 0.374 e. The number of benzene rings is 2. The highest BCUT2D eigenvalue weighted by molar-refractivity contribution is 9.10. The maximum atomic E-state index is 13.6. The standard InChI is InChI=1S/C15H13BrF2N2O/c1-9-2-4-10(5-3-9)20-15(21)8-19-14-7-12(17)11(16)6-13(14)18/h2-7,19H,8H2,1H3,(H,20,21). The van der Waals surface area contributed by atoms with Crippen molar-refractivity contribution >= 4 is 33.2 Å². The third kappa shape index (κ3) is 4.26. The Bertz CT molecular complexity index is 659. The van der Waals surface area contributed by atoms with E-state index < -0.39 is 11.6 Å². The maximum absolute atomic E-state index is 13.6. The Labute approximate surface area is 129 Å². The van der Waals surface area contributed by atoms with Crippen LogP contribution >= 0.6 is 15.9 Å². The number of amides is 1. The van der Waals surface area contributed by atoms with Crippen molar-refractivity contribution in [3.8, 4) is 0 Å². The van der Waals surface area contributed by atoms with Crippen LogP contribution in [0.25, 0.3) is 0 Å². The molecule has 1 amide bonds. The summed E-state index contributed by atoms with van der Waals surface area (Å²) < 4.78 is 26.9. The van der Waals surface area contributed by atoms with E-state index >= 15 is 0 Å². The van der Waals surface area contributed by atoms with Crippen LogP contribution in [0.3, 0.4) is 0 Å². The summed E-state index contributed by atoms with van der Waals surface area (Å²) in [5.74, 6) is -1.58. The Hall–Kier alpha value is -1.95. The van der Waals surface area contributed by atoms with Crippen LogP contribution in [0.1, 0.15) is 5.56 Å². The zero-order chi connectivity index (χ0) is 15.4. The van der Waals surface area contributed by atoms with E-state index in [2.05, 4.69) is 26.6 Å². The molecule has 2 N–H and O–H groups in total. The number of hydrogen-bond donors (Lipinski definition) is 2. The van der Waals surface area contributed by atoms with Crippen molar-refractivity contribution < 1.29 is 13.6 Å². The molecule has 21 heavy (non-hydrogen) atoms. The molecular formula is C15H13BrF2N2O. The van der Waals surface area contributed by atoms with Gasteiger partial charge in [0.1, 0.15) is 11.6 Å². The summed E-state index contributed by atoms with van der Waals surface area (Å²) in [7, 11) is 0. The first-order valence-corrected chi connectivity index (χ1v) is 7.00. The van der Waals surface area contributed by atoms with Gasteiger partial charge in [-0.15, -0.1) is 0 Å². The van der Waals surface area contributed by atoms with Crippen molar-refractivity contribution in [2.75, 3.05) is 17.2 Å². The van der Waals surface area contributed by atoms with Gasteiger partial charge in [0.15, 0.2) is 0 Å². The number of hydrogen-bond acceptors (Lipinski definition) is 2. The normalized spacial score (nSPS) is 10.3. The van der Waals surface area contributed by atoms with Crippen molar-refractivity contribution in [2.45, 2.75) is 6.92 Å². The van der Waals surface area contributed by atoms with E-state index in [0.717, 1.165) is 17.7 Å². The fraction of sp³-hybridized carbons (Fsp3) is 0.133. The molecule has 2 aromatic rings. The molecule has 0 spiro atoms. The van der Waals surface area contributed by atoms with Gasteiger partial charge in [-0.2, -0.15) is 0 Å². The lowest BCUT2D eigenvalue weighted by atomic mass is 10.2. The minimum Gasteiger partial charge on any atom is -0.374 e. The predicted molar refractivity (Wildman–Crippen MR) is 82.4 cm³/mol. The quantitative estimate of drug-likeness (QED) is 0.812. The fourth-order valence-corrected chi connectivity index (χ4v) is 1.99. The van der Waals surface area contributed by atoms with Gasteiger partial charge in [-0.05, 0) is 41.1 Å². The van der Waals surface area contributed by atoms with Crippen LogP contribution in [-0.4, -0.2) is 12.5 Å². The Morgan fingerprint density at radius 2 is 1.81 bits per heavy atom. The van der Waals surface area contributed by atoms with E-state index in [9.17, 15) is 13.6 Å². The highest BCUT2D eigenvalue weighted by Crippen LogP contribution is 2.23. The van der Waals surface area contributed by atoms with Crippen molar-refractivity contribution in [3.05, 3.63) is 58.1 Å². The van der Waals surface area contributed by atoms with Gasteiger partial charge in [0, 0.05) is 11.8 Å². The van der Waals surface area contributed by atoms with E-state index in [1.165, 1.54) is 0 Å². The molecule has 0 aliphatic rings. The second-order valence-corrected chi connectivity index (χ2v) is 5.37. The molecule has 0 radical (unpaired) electrons. The summed E-state index contributed by atoms with van der Waals surface area (Å²) in [4.78, 5) is 11.7. The fourth-order valence-electron chi connectivity index (χ4n) is 1.68. The van der Waals surface area contributed by atoms with E-state index in [4.69, 9.17) is 0 Å². The molecule has 2 aromatic carbocycles. The second-order valence-electron chi connectivity index (χ2n) is 4.51. The van der Waals surface area contributed by atoms with Crippen LogP contribution in [0, 0.1) is 18.6 Å². The minimum atomic E-state index is -0.633. The van der Waals surface area contributed by atoms with E-state index in [0.29, 0.717) is 5.69 Å². The number of carbonyl (C=O) groups excluding carboxylic acids is 1. The summed E-state index contributed by atoms with van der Waals surface area (Å²) in [6.07, 6.45) is 0. The Morgan fingerprint density at radius 1 is 1.14 bits per heavy atom. The average molecular weight is 355 g/mol. The van der Waals surface area contributed by atoms with Gasteiger partial charge in [-0.3, -0.25) is 4.79 Å². The third-order valence-corrected chi connectivity index (χ3v) is 3.39. The monoisotopic (exact) mass is 354 g/mol. The molecular weight excluding hydrogens is 342 g/mol. The number of nitrogens with one attached hydrogen (secondary N) is 2. The summed E-state index contributed by atoms with van der Waals surface area (Å²) >= 11 is 2.89. The molecule has 0 saturated heterocycles. The van der Waals surface area contributed by atoms with Gasteiger partial charge in [0.2, 0.25) is 5.91 Å². The molecule has 0 aliphatic carbocycles. The molecule has 0 aromatic heterocycles. The van der Waals surface area contributed by atoms with E-state index in [-0.39, 0.29) is 22.6 Å². The number of anilines is 2. The molecule has 0 saturated carbocycles. The van der Waals surface area contributed by atoms with Gasteiger partial charge in [0.05, 0.1) is 16.7 Å². The lowest BCUT2D eigenvalue weighted by molar-refractivity contribution is -0.114. The van der Waals surface area contributed by atoms with Crippen molar-refractivity contribution in [1.29, 1.82) is 0 Å². The highest BCUT2D eigenvalue weighted by Gasteiger charge is 2.09. The predicted octanol–water partition coefficient (Wildman–Crippen LogP) is 4.09. The van der Waals surface area contributed by atoms with Crippen molar-refractivity contribution in [1.82, 2.24) is 0 Å². The van der Waals surface area contributed by atoms with Gasteiger partial charge in [0.25, 0.3) is 0 Å². The Kier molecular flexibility index (Phi) is 4.90. The number of halogens is 3. The molecule has 0 atom stereocenters. The smallest absolute Gasteiger partial charge is 0.243 e. The second kappa shape index (κ2) is 6.67. The summed E-state index contributed by atoms with van der Waals surface area (Å²) in [6.45, 7) is 1.78. The number of carbonyl (C=O) groups is 1. The molecule has 0 aliphatic heterocycles. The maximum Gasteiger partial charge on any atom is 0.243 e. The van der Waals surface area contributed by atoms with Gasteiger partial charge in [-0.25, -0.2) is 8.78 Å². The van der Waals surface area contributed by atoms with Crippen molar-refractivity contribution in [2.24, 2.45) is 0 Å². The molecule has 3 nitrogen and oxygen atoms in total. The average Bonchev–Trinajstić information content (AvgIpc) is 2.44. The first kappa shape index (κ1) is 15.4. The molecule has 2 rings (SSSR count). The first-order valence-electron chi connectivity index (χ1n) is 6.20. The zero-order valence-corrected chi connectivity index (χ0v) is 12.8. The Balaban J connectivity index is 1.95. The van der Waals surface area contributed by atoms with Crippen molar-refractivity contribution in [3.63, 3.8) is 0 Å². The molecule has 0 fully saturated rings. The summed E-state index contributed by atoms with van der Waals surface area (Å²) in [6, 6.07) is 9.29. The number of rotatable bonds is 4. The molecule has 0 unspecified atom stereocenters. The molecule has 0 bridgehead atoms. The van der Waals surface area contributed by atoms with Gasteiger partial charge < -0.3 is 10.6 Å². The number of aryl methyl sites for hydroxylation is 1. The zero-order valence-electron chi connectivity index (χ0n) is 11.2. The lowest BCUT2D eigenvalue weighted by Crippen LogP contribution is -2.22. The SMILES string of the molecule is Cc1ccc(NC(=O)CNc2cc(F)c(Br)cc2F)cc1. The summed E-state index contributed by atoms with van der Waals surface area (Å²) in [5, 5.41) is 5.22. The first-order chi connectivity index (χ1) is 9.95. The molecule has 6 heteroatoms. The summed E-state index contributed by atoms with van der Waals surface area (Å²) in [5.41, 5.74) is 1.67. The van der Waals surface area contributed by atoms with Crippen LogP contribution in [0.2, 0.25) is 0 Å². The van der Waals surface area contributed by atoms with E-state index in [1.54, 1.807) is 12.1 Å². The Morgan fingerprint density at radius 3 is 2.48 bits per heavy atom. The van der Waals surface area contributed by atoms with Gasteiger partial charge >= 0.3 is 0 Å². The molecule has 0 heterocycles. The van der Waals surface area contributed by atoms with Crippen LogP contribution < -0.4 is 10.6 Å². The third-order valence-electron chi connectivity index (χ3n) is 2.78. The van der Waals surface area contributed by atoms with Crippen LogP contribution in [0.15, 0.2) is 40.9 Å². The van der Waals surface area contributed by atoms with Crippen LogP contribution in [-0.2, 0) is 4.79 Å². The minimum absolute atomic E-state index is 0.0367. The highest BCUT2D eigenvalue weighted by atomic mass is 79.9. The topological polar surface area (TPSA) is 41.1 Å². The van der Waals surface area contributed by atoms with Gasteiger partial charge in [-0.1, -0.05) is 17.7 Å². The molecule has 110 valence electrons. The lowest BCUT2D eigenvalue weighted by Gasteiger charge is -2.09. The van der Waals surface area contributed by atoms with E-state index in [1.807, 2.05) is 19.1 Å². The van der Waals surface area contributed by atoms with Crippen LogP contribution in [0.5, 0.6) is 0 Å². The van der Waals surface area contributed by atoms with Crippen LogP contribution in [0.4, 0.5) is 20.2 Å².